The number of cyclic esters (lactones) is 1. The van der Waals surface area contributed by atoms with Crippen molar-refractivity contribution in [3.63, 3.8) is 0 Å². The maximum atomic E-state index is 14.5. The number of amides is 7. The lowest BCUT2D eigenvalue weighted by atomic mass is 10.0. The van der Waals surface area contributed by atoms with Crippen LogP contribution in [0.5, 0.6) is 0 Å². The van der Waals surface area contributed by atoms with Crippen LogP contribution in [0.4, 0.5) is 19.3 Å². The van der Waals surface area contributed by atoms with Crippen molar-refractivity contribution in [2.24, 2.45) is 5.92 Å². The van der Waals surface area contributed by atoms with Crippen molar-refractivity contribution in [2.45, 2.75) is 102 Å². The summed E-state index contributed by atoms with van der Waals surface area (Å²) >= 11 is 0. The molecule has 0 aromatic heterocycles. The molecule has 9 unspecified atom stereocenters. The van der Waals surface area contributed by atoms with Crippen molar-refractivity contribution in [3.05, 3.63) is 65.2 Å². The number of anilines is 1. The second-order valence-corrected chi connectivity index (χ2v) is 15.2. The molecule has 0 bridgehead atoms. The predicted molar refractivity (Wildman–Crippen MR) is 200 cm³/mol. The quantitative estimate of drug-likeness (QED) is 0.264. The maximum Gasteiger partial charge on any atom is 0.329 e. The molecule has 0 saturated carbocycles. The molecule has 3 aliphatic rings. The number of hydrogen-bond acceptors (Lipinski definition) is 9. The Morgan fingerprint density at radius 1 is 0.895 bits per heavy atom. The summed E-state index contributed by atoms with van der Waals surface area (Å²) in [5.74, 6) is -6.88. The van der Waals surface area contributed by atoms with E-state index in [-0.39, 0.29) is 37.4 Å². The second-order valence-electron chi connectivity index (χ2n) is 15.2. The number of rotatable bonds is 6. The average molecular weight is 798 g/mol. The number of aliphatic hydroxyl groups excluding tert-OH is 1. The van der Waals surface area contributed by atoms with Gasteiger partial charge in [0, 0.05) is 44.7 Å². The van der Waals surface area contributed by atoms with E-state index in [9.17, 15) is 47.4 Å². The minimum absolute atomic E-state index is 0.0176. The minimum atomic E-state index is -1.75. The molecular weight excluding hydrogens is 748 g/mol. The molecule has 3 fully saturated rings. The number of aliphatic hydroxyl groups is 1. The first kappa shape index (κ1) is 42.5. The van der Waals surface area contributed by atoms with Gasteiger partial charge in [0.2, 0.25) is 29.5 Å². The standard InChI is InChI=1S/C39H49F2N7O9/c1-19-7-9-27(10-8-19)43-39(56)44-29(14-24-12-25(40)15-26(41)13-24)34(51)45-32-23(5)57-38(55)31-11-20(2)17-47(31)35(52)21(3)42-33(50)22(4)46(6)36(53)30-16-28(49)18-48(30)37(32)54/h7-10,12-13,15,20-23,28-32,49H,11,14,16-18H2,1-6H3,(H,42,50)(H,45,51)(H2,43,44,56). The molecule has 3 saturated heterocycles. The van der Waals surface area contributed by atoms with Crippen LogP contribution in [0, 0.1) is 24.5 Å². The van der Waals surface area contributed by atoms with Crippen LogP contribution in [0.25, 0.3) is 0 Å². The summed E-state index contributed by atoms with van der Waals surface area (Å²) in [5.41, 5.74) is 1.26. The van der Waals surface area contributed by atoms with Crippen molar-refractivity contribution in [1.29, 1.82) is 0 Å². The van der Waals surface area contributed by atoms with Crippen molar-refractivity contribution >= 4 is 47.2 Å². The highest BCUT2D eigenvalue weighted by Gasteiger charge is 2.47. The Morgan fingerprint density at radius 2 is 1.53 bits per heavy atom. The fourth-order valence-corrected chi connectivity index (χ4v) is 7.33. The molecule has 2 aromatic rings. The lowest BCUT2D eigenvalue weighted by Crippen LogP contribution is -2.62. The smallest absolute Gasteiger partial charge is 0.329 e. The maximum absolute atomic E-state index is 14.5. The monoisotopic (exact) mass is 797 g/mol. The fraction of sp³-hybridized carbons (Fsp3) is 0.513. The number of urea groups is 1. The molecule has 0 spiro atoms. The topological polar surface area (TPSA) is 207 Å². The highest BCUT2D eigenvalue weighted by molar-refractivity contribution is 5.98. The molecule has 0 radical (unpaired) electrons. The number of carbonyl (C=O) groups is 7. The third-order valence-corrected chi connectivity index (χ3v) is 10.6. The third-order valence-electron chi connectivity index (χ3n) is 10.6. The van der Waals surface area contributed by atoms with E-state index in [0.29, 0.717) is 11.8 Å². The predicted octanol–water partition coefficient (Wildman–Crippen LogP) is 0.987. The summed E-state index contributed by atoms with van der Waals surface area (Å²) in [6, 6.07) is 0.436. The normalized spacial score (nSPS) is 27.9. The minimum Gasteiger partial charge on any atom is -0.458 e. The number of nitrogens with one attached hydrogen (secondary N) is 4. The van der Waals surface area contributed by atoms with Crippen LogP contribution in [0.15, 0.2) is 42.5 Å². The van der Waals surface area contributed by atoms with E-state index in [1.54, 1.807) is 24.3 Å². The van der Waals surface area contributed by atoms with Crippen LogP contribution in [-0.2, 0) is 39.9 Å². The lowest BCUT2D eigenvalue weighted by Gasteiger charge is -2.36. The van der Waals surface area contributed by atoms with E-state index in [1.807, 2.05) is 13.8 Å². The van der Waals surface area contributed by atoms with Crippen LogP contribution < -0.4 is 21.3 Å². The number of hydrogen-bond donors (Lipinski definition) is 5. The van der Waals surface area contributed by atoms with Crippen LogP contribution >= 0.6 is 0 Å². The SMILES string of the molecule is Cc1ccc(NC(=O)NC(Cc2cc(F)cc(F)c2)C(=O)NC2C(=O)N3CC(O)CC3C(=O)N(C)C(C)C(=O)NC(C)C(=O)N3CC(C)CC3C(=O)OC2C)cc1. The molecule has 5 rings (SSSR count). The van der Waals surface area contributed by atoms with E-state index in [2.05, 4.69) is 21.3 Å². The molecule has 5 N–H and O–H groups in total. The summed E-state index contributed by atoms with van der Waals surface area (Å²) in [6.07, 6.45) is -3.14. The third kappa shape index (κ3) is 10.0. The lowest BCUT2D eigenvalue weighted by molar-refractivity contribution is -0.162. The number of esters is 1. The van der Waals surface area contributed by atoms with Gasteiger partial charge in [0.25, 0.3) is 0 Å². The Kier molecular flexibility index (Phi) is 13.2. The number of halogens is 2. The molecule has 7 amide bonds. The highest BCUT2D eigenvalue weighted by atomic mass is 19.1. The molecule has 3 heterocycles. The summed E-state index contributed by atoms with van der Waals surface area (Å²) < 4.78 is 34.4. The van der Waals surface area contributed by atoms with Gasteiger partial charge in [-0.3, -0.25) is 24.0 Å². The molecule has 16 nitrogen and oxygen atoms in total. The summed E-state index contributed by atoms with van der Waals surface area (Å²) in [5, 5.41) is 20.9. The van der Waals surface area contributed by atoms with E-state index >= 15 is 0 Å². The average Bonchev–Trinajstić information content (AvgIpc) is 3.74. The first-order chi connectivity index (χ1) is 26.8. The van der Waals surface area contributed by atoms with Crippen LogP contribution in [-0.4, -0.2) is 130 Å². The van der Waals surface area contributed by atoms with Crippen LogP contribution in [0.3, 0.4) is 0 Å². The van der Waals surface area contributed by atoms with Gasteiger partial charge in [-0.25, -0.2) is 18.4 Å². The number of carbonyl (C=O) groups excluding carboxylic acids is 7. The van der Waals surface area contributed by atoms with Crippen LogP contribution in [0.1, 0.15) is 51.7 Å². The van der Waals surface area contributed by atoms with E-state index in [0.717, 1.165) is 27.5 Å². The van der Waals surface area contributed by atoms with Gasteiger partial charge in [-0.15, -0.1) is 0 Å². The van der Waals surface area contributed by atoms with Crippen LogP contribution in [0.2, 0.25) is 0 Å². The molecule has 9 atom stereocenters. The van der Waals surface area contributed by atoms with Crippen molar-refractivity contribution in [3.8, 4) is 0 Å². The Morgan fingerprint density at radius 3 is 2.18 bits per heavy atom. The number of aryl methyl sites for hydroxylation is 1. The van der Waals surface area contributed by atoms with Gasteiger partial charge < -0.3 is 45.8 Å². The zero-order valence-corrected chi connectivity index (χ0v) is 32.6. The molecule has 3 aliphatic heterocycles. The Labute approximate surface area is 328 Å². The van der Waals surface area contributed by atoms with E-state index in [1.165, 1.54) is 32.7 Å². The molecule has 308 valence electrons. The Hall–Kier alpha value is -5.65. The Bertz CT molecular complexity index is 1880. The van der Waals surface area contributed by atoms with Gasteiger partial charge in [-0.05, 0) is 69.9 Å². The van der Waals surface area contributed by atoms with Gasteiger partial charge in [0.15, 0.2) is 0 Å². The van der Waals surface area contributed by atoms with Gasteiger partial charge in [0.05, 0.1) is 6.10 Å². The molecule has 57 heavy (non-hydrogen) atoms. The molecule has 2 aromatic carbocycles. The first-order valence-electron chi connectivity index (χ1n) is 18.8. The zero-order valence-electron chi connectivity index (χ0n) is 32.6. The van der Waals surface area contributed by atoms with Crippen molar-refractivity contribution in [2.75, 3.05) is 25.5 Å². The second kappa shape index (κ2) is 17.7. The van der Waals surface area contributed by atoms with Crippen molar-refractivity contribution in [1.82, 2.24) is 30.7 Å². The highest BCUT2D eigenvalue weighted by Crippen LogP contribution is 2.27. The van der Waals surface area contributed by atoms with Gasteiger partial charge in [-0.1, -0.05) is 24.6 Å². The summed E-state index contributed by atoms with van der Waals surface area (Å²) in [6.45, 7) is 7.67. The van der Waals surface area contributed by atoms with Gasteiger partial charge in [-0.2, -0.15) is 0 Å². The number of ether oxygens (including phenoxy) is 1. The van der Waals surface area contributed by atoms with E-state index in [4.69, 9.17) is 4.74 Å². The number of likely N-dealkylation sites (N-methyl/N-ethyl adjacent to an activating group) is 1. The summed E-state index contributed by atoms with van der Waals surface area (Å²) in [7, 11) is 1.34. The fourth-order valence-electron chi connectivity index (χ4n) is 7.33. The summed E-state index contributed by atoms with van der Waals surface area (Å²) in [4.78, 5) is 100. The molecule has 0 aliphatic carbocycles. The van der Waals surface area contributed by atoms with Crippen molar-refractivity contribution < 1.29 is 52.2 Å². The zero-order chi connectivity index (χ0) is 41.9. The largest absolute Gasteiger partial charge is 0.458 e. The van der Waals surface area contributed by atoms with Gasteiger partial charge >= 0.3 is 12.0 Å². The number of nitrogens with zero attached hydrogens (tertiary/aromatic N) is 3. The molecule has 18 heteroatoms. The first-order valence-corrected chi connectivity index (χ1v) is 18.8. The Balaban J connectivity index is 1.51. The number of fused-ring (bicyclic) bond motifs is 2. The molecular formula is C39H49F2N7O9. The number of benzene rings is 2. The van der Waals surface area contributed by atoms with E-state index < -0.39 is 108 Å². The van der Waals surface area contributed by atoms with Gasteiger partial charge in [0.1, 0.15) is 54.0 Å².